The summed E-state index contributed by atoms with van der Waals surface area (Å²) in [5.41, 5.74) is 1.37. The topological polar surface area (TPSA) is 96.2 Å². The van der Waals surface area contributed by atoms with Gasteiger partial charge < -0.3 is 13.9 Å². The lowest BCUT2D eigenvalue weighted by Gasteiger charge is -2.13. The number of amides is 1. The van der Waals surface area contributed by atoms with Crippen LogP contribution in [0.4, 0.5) is 5.69 Å². The van der Waals surface area contributed by atoms with Gasteiger partial charge in [0.25, 0.3) is 5.91 Å². The van der Waals surface area contributed by atoms with Gasteiger partial charge in [-0.1, -0.05) is 35.9 Å². The molecule has 7 nitrogen and oxygen atoms in total. The highest BCUT2D eigenvalue weighted by atomic mass is 35.5. The van der Waals surface area contributed by atoms with Crippen molar-refractivity contribution >= 4 is 52.2 Å². The van der Waals surface area contributed by atoms with Crippen LogP contribution in [0.1, 0.15) is 21.9 Å². The Labute approximate surface area is 209 Å². The first-order valence-electron chi connectivity index (χ1n) is 10.5. The minimum atomic E-state index is -1.10. The van der Waals surface area contributed by atoms with Crippen LogP contribution in [0.2, 0.25) is 5.02 Å². The number of carbonyl (C=O) groups excluding carboxylic acids is 1. The Hall–Kier alpha value is -4.01. The van der Waals surface area contributed by atoms with Crippen LogP contribution in [0.3, 0.4) is 0 Å². The molecule has 0 radical (unpaired) electrons. The molecule has 0 aliphatic carbocycles. The van der Waals surface area contributed by atoms with Crippen molar-refractivity contribution in [3.8, 4) is 11.3 Å². The standard InChI is InChI=1S/C26H17ClN2O5S/c27-21-13-16(8-10-20(21)25(31)32)22-11-9-18(34-22)14-23-24(30)29(15-19-7-4-12-33-19)26(35-23)28-17-5-2-1-3-6-17/h1-14H,15H2,(H,31,32)/b23-14-,28-26?. The Balaban J connectivity index is 1.44. The Morgan fingerprint density at radius 3 is 2.63 bits per heavy atom. The number of carbonyl (C=O) groups is 2. The molecule has 1 fully saturated rings. The van der Waals surface area contributed by atoms with E-state index >= 15 is 0 Å². The molecule has 35 heavy (non-hydrogen) atoms. The predicted molar refractivity (Wildman–Crippen MR) is 134 cm³/mol. The van der Waals surface area contributed by atoms with E-state index in [9.17, 15) is 9.59 Å². The van der Waals surface area contributed by atoms with Crippen LogP contribution in [0, 0.1) is 0 Å². The van der Waals surface area contributed by atoms with Crippen molar-refractivity contribution in [3.05, 3.63) is 106 Å². The fraction of sp³-hybridized carbons (Fsp3) is 0.0385. The van der Waals surface area contributed by atoms with Gasteiger partial charge >= 0.3 is 5.97 Å². The van der Waals surface area contributed by atoms with Crippen LogP contribution >= 0.6 is 23.4 Å². The van der Waals surface area contributed by atoms with Gasteiger partial charge in [0.1, 0.15) is 17.3 Å². The van der Waals surface area contributed by atoms with Gasteiger partial charge in [-0.3, -0.25) is 9.69 Å². The summed E-state index contributed by atoms with van der Waals surface area (Å²) in [6, 6.07) is 21.0. The van der Waals surface area contributed by atoms with Gasteiger partial charge in [-0.25, -0.2) is 9.79 Å². The van der Waals surface area contributed by atoms with Crippen LogP contribution in [0.25, 0.3) is 17.4 Å². The summed E-state index contributed by atoms with van der Waals surface area (Å²) in [6.07, 6.45) is 3.22. The first kappa shape index (κ1) is 22.8. The number of benzene rings is 2. The zero-order valence-corrected chi connectivity index (χ0v) is 19.6. The summed E-state index contributed by atoms with van der Waals surface area (Å²) in [7, 11) is 0. The normalized spacial score (nSPS) is 15.9. The van der Waals surface area contributed by atoms with E-state index in [0.29, 0.717) is 32.9 Å². The third-order valence-electron chi connectivity index (χ3n) is 5.15. The molecule has 0 bridgehead atoms. The second kappa shape index (κ2) is 9.69. The number of aromatic carboxylic acids is 1. The lowest BCUT2D eigenvalue weighted by atomic mass is 10.1. The van der Waals surface area contributed by atoms with E-state index in [-0.39, 0.29) is 23.0 Å². The van der Waals surface area contributed by atoms with Gasteiger partial charge in [0.05, 0.1) is 34.0 Å². The quantitative estimate of drug-likeness (QED) is 0.294. The first-order chi connectivity index (χ1) is 17.0. The molecule has 1 aliphatic heterocycles. The van der Waals surface area contributed by atoms with Gasteiger partial charge in [0.15, 0.2) is 5.17 Å². The largest absolute Gasteiger partial charge is 0.478 e. The first-order valence-corrected chi connectivity index (χ1v) is 11.7. The Morgan fingerprint density at radius 2 is 1.91 bits per heavy atom. The molecule has 0 atom stereocenters. The van der Waals surface area contributed by atoms with Crippen LogP contribution in [0.15, 0.2) is 97.8 Å². The number of aliphatic imine (C=N–C) groups is 1. The molecular weight excluding hydrogens is 488 g/mol. The van der Waals surface area contributed by atoms with Gasteiger partial charge in [-0.05, 0) is 60.3 Å². The molecule has 4 aromatic rings. The maximum absolute atomic E-state index is 13.3. The number of carboxylic acids is 1. The van der Waals surface area contributed by atoms with Gasteiger partial charge in [-0.15, -0.1) is 0 Å². The summed E-state index contributed by atoms with van der Waals surface area (Å²) in [5, 5.41) is 9.81. The van der Waals surface area contributed by atoms with Crippen LogP contribution in [-0.2, 0) is 11.3 Å². The molecule has 5 rings (SSSR count). The van der Waals surface area contributed by atoms with Crippen molar-refractivity contribution in [3.63, 3.8) is 0 Å². The number of rotatable bonds is 6. The number of para-hydroxylation sites is 1. The van der Waals surface area contributed by atoms with E-state index in [2.05, 4.69) is 4.99 Å². The van der Waals surface area contributed by atoms with E-state index < -0.39 is 5.97 Å². The highest BCUT2D eigenvalue weighted by Gasteiger charge is 2.34. The molecule has 3 heterocycles. The van der Waals surface area contributed by atoms with Gasteiger partial charge in [0, 0.05) is 11.6 Å². The molecular formula is C26H17ClN2O5S. The number of amidine groups is 1. The third-order valence-corrected chi connectivity index (χ3v) is 6.47. The van der Waals surface area contributed by atoms with Crippen molar-refractivity contribution in [1.29, 1.82) is 0 Å². The molecule has 1 saturated heterocycles. The van der Waals surface area contributed by atoms with Crippen LogP contribution in [-0.4, -0.2) is 27.1 Å². The number of halogens is 1. The van der Waals surface area contributed by atoms with Crippen LogP contribution < -0.4 is 0 Å². The smallest absolute Gasteiger partial charge is 0.337 e. The van der Waals surface area contributed by atoms with E-state index in [1.165, 1.54) is 23.9 Å². The molecule has 1 aliphatic rings. The van der Waals surface area contributed by atoms with Crippen molar-refractivity contribution in [2.45, 2.75) is 6.54 Å². The molecule has 1 amide bonds. The molecule has 0 unspecified atom stereocenters. The van der Waals surface area contributed by atoms with Gasteiger partial charge in [-0.2, -0.15) is 0 Å². The van der Waals surface area contributed by atoms with Crippen LogP contribution in [0.5, 0.6) is 0 Å². The second-order valence-electron chi connectivity index (χ2n) is 7.51. The lowest BCUT2D eigenvalue weighted by molar-refractivity contribution is -0.122. The maximum atomic E-state index is 13.3. The highest BCUT2D eigenvalue weighted by Crippen LogP contribution is 2.36. The number of furan rings is 2. The van der Waals surface area contributed by atoms with Crippen molar-refractivity contribution in [2.24, 2.45) is 4.99 Å². The number of carboxylic acid groups (broad SMARTS) is 1. The molecule has 2 aromatic carbocycles. The average molecular weight is 505 g/mol. The van der Waals surface area contributed by atoms with Gasteiger partial charge in [0.2, 0.25) is 0 Å². The highest BCUT2D eigenvalue weighted by molar-refractivity contribution is 8.18. The zero-order valence-electron chi connectivity index (χ0n) is 18.1. The SMILES string of the molecule is O=C(O)c1ccc(-c2ccc(/C=C3\SC(=Nc4ccccc4)N(Cc4ccco4)C3=O)o2)cc1Cl. The number of hydrogen-bond donors (Lipinski definition) is 1. The molecule has 1 N–H and O–H groups in total. The number of thioether (sulfide) groups is 1. The minimum Gasteiger partial charge on any atom is -0.478 e. The zero-order chi connectivity index (χ0) is 24.4. The summed E-state index contributed by atoms with van der Waals surface area (Å²) >= 11 is 7.34. The van der Waals surface area contributed by atoms with E-state index in [4.69, 9.17) is 25.5 Å². The minimum absolute atomic E-state index is 0.0131. The fourth-order valence-electron chi connectivity index (χ4n) is 3.46. The lowest BCUT2D eigenvalue weighted by Crippen LogP contribution is -2.28. The van der Waals surface area contributed by atoms with Crippen molar-refractivity contribution < 1.29 is 23.5 Å². The molecule has 0 saturated carbocycles. The maximum Gasteiger partial charge on any atom is 0.337 e. The third kappa shape index (κ3) is 4.94. The Morgan fingerprint density at radius 1 is 1.09 bits per heavy atom. The predicted octanol–water partition coefficient (Wildman–Crippen LogP) is 6.70. The average Bonchev–Trinajstić information content (AvgIpc) is 3.59. The summed E-state index contributed by atoms with van der Waals surface area (Å²) in [6.45, 7) is 0.250. The summed E-state index contributed by atoms with van der Waals surface area (Å²) in [5.74, 6) is 0.288. The van der Waals surface area contributed by atoms with E-state index in [1.807, 2.05) is 30.3 Å². The number of hydrogen-bond acceptors (Lipinski definition) is 6. The number of nitrogens with zero attached hydrogens (tertiary/aromatic N) is 2. The van der Waals surface area contributed by atoms with Crippen molar-refractivity contribution in [2.75, 3.05) is 0 Å². The Kier molecular flexibility index (Phi) is 6.31. The van der Waals surface area contributed by atoms with E-state index in [1.54, 1.807) is 47.6 Å². The molecule has 174 valence electrons. The Bertz CT molecular complexity index is 1460. The monoisotopic (exact) mass is 504 g/mol. The summed E-state index contributed by atoms with van der Waals surface area (Å²) < 4.78 is 11.3. The summed E-state index contributed by atoms with van der Waals surface area (Å²) in [4.78, 5) is 31.1. The molecule has 9 heteroatoms. The molecule has 2 aromatic heterocycles. The molecule has 0 spiro atoms. The van der Waals surface area contributed by atoms with Crippen molar-refractivity contribution in [1.82, 2.24) is 4.90 Å². The fourth-order valence-corrected chi connectivity index (χ4v) is 4.70. The van der Waals surface area contributed by atoms with E-state index in [0.717, 1.165) is 5.69 Å². The second-order valence-corrected chi connectivity index (χ2v) is 8.93.